The van der Waals surface area contributed by atoms with Gasteiger partial charge in [0.2, 0.25) is 0 Å². The van der Waals surface area contributed by atoms with Gasteiger partial charge in [-0.1, -0.05) is 42.1 Å². The molecule has 0 N–H and O–H groups in total. The molecule has 32 heavy (non-hydrogen) atoms. The molecule has 7 nitrogen and oxygen atoms in total. The van der Waals surface area contributed by atoms with Crippen LogP contribution in [0.2, 0.25) is 0 Å². The molecule has 1 aliphatic rings. The average Bonchev–Trinajstić information content (AvgIpc) is 2.81. The molecule has 8 heteroatoms. The van der Waals surface area contributed by atoms with Crippen LogP contribution in [0.25, 0.3) is 0 Å². The zero-order valence-corrected chi connectivity index (χ0v) is 20.0. The minimum atomic E-state index is -0.390. The summed E-state index contributed by atoms with van der Waals surface area (Å²) in [5.74, 6) is 1.08. The molecule has 1 heterocycles. The SMILES string of the molecule is CCOC(=O)N(Cc1ccccc1)C1CC(C)N(C(=O)SC)c2cc(OC)c(OC)cc21. The number of anilines is 1. The largest absolute Gasteiger partial charge is 0.493 e. The van der Waals surface area contributed by atoms with Gasteiger partial charge in [0.1, 0.15) is 0 Å². The highest BCUT2D eigenvalue weighted by molar-refractivity contribution is 8.13. The van der Waals surface area contributed by atoms with Gasteiger partial charge in [0, 0.05) is 24.2 Å². The van der Waals surface area contributed by atoms with Gasteiger partial charge in [0.15, 0.2) is 11.5 Å². The Bertz CT molecular complexity index is 953. The fraction of sp³-hybridized carbons (Fsp3) is 0.417. The quantitative estimate of drug-likeness (QED) is 0.571. The van der Waals surface area contributed by atoms with Crippen LogP contribution < -0.4 is 14.4 Å². The van der Waals surface area contributed by atoms with Gasteiger partial charge in [-0.2, -0.15) is 0 Å². The van der Waals surface area contributed by atoms with Crippen LogP contribution >= 0.6 is 11.8 Å². The standard InChI is InChI=1S/C24H30N2O5S/c1-6-31-23(27)25(15-17-10-8-7-9-11-17)19-12-16(2)26(24(28)32-5)20-14-22(30-4)21(29-3)13-18(19)20/h7-11,13-14,16,19H,6,12,15H2,1-5H3. The summed E-state index contributed by atoms with van der Waals surface area (Å²) in [4.78, 5) is 29.4. The van der Waals surface area contributed by atoms with Crippen LogP contribution in [0.15, 0.2) is 42.5 Å². The summed E-state index contributed by atoms with van der Waals surface area (Å²) in [6.07, 6.45) is 1.95. The first-order chi connectivity index (χ1) is 15.4. The van der Waals surface area contributed by atoms with Crippen LogP contribution in [0.5, 0.6) is 11.5 Å². The second-order valence-corrected chi connectivity index (χ2v) is 8.28. The number of thioether (sulfide) groups is 1. The molecule has 2 atom stereocenters. The van der Waals surface area contributed by atoms with Crippen molar-refractivity contribution < 1.29 is 23.8 Å². The van der Waals surface area contributed by atoms with Gasteiger partial charge in [0.05, 0.1) is 32.6 Å². The van der Waals surface area contributed by atoms with E-state index in [0.29, 0.717) is 30.2 Å². The molecule has 0 fully saturated rings. The maximum atomic E-state index is 13.1. The van der Waals surface area contributed by atoms with E-state index in [1.807, 2.05) is 49.4 Å². The van der Waals surface area contributed by atoms with Crippen LogP contribution in [-0.4, -0.2) is 49.4 Å². The molecule has 1 aliphatic heterocycles. The summed E-state index contributed by atoms with van der Waals surface area (Å²) in [6, 6.07) is 13.1. The number of carbonyl (C=O) groups excluding carboxylic acids is 2. The summed E-state index contributed by atoms with van der Waals surface area (Å²) >= 11 is 1.16. The van der Waals surface area contributed by atoms with Crippen molar-refractivity contribution in [2.24, 2.45) is 0 Å². The molecule has 2 aromatic rings. The molecule has 0 aliphatic carbocycles. The van der Waals surface area contributed by atoms with Gasteiger partial charge in [-0.05, 0) is 38.2 Å². The maximum absolute atomic E-state index is 13.1. The number of hydrogen-bond donors (Lipinski definition) is 0. The Morgan fingerprint density at radius 2 is 1.78 bits per heavy atom. The average molecular weight is 459 g/mol. The number of nitrogens with zero attached hydrogens (tertiary/aromatic N) is 2. The molecule has 2 aromatic carbocycles. The number of methoxy groups -OCH3 is 2. The number of hydrogen-bond acceptors (Lipinski definition) is 6. The molecule has 0 aromatic heterocycles. The summed E-state index contributed by atoms with van der Waals surface area (Å²) in [5.41, 5.74) is 2.54. The third-order valence-electron chi connectivity index (χ3n) is 5.60. The lowest BCUT2D eigenvalue weighted by molar-refractivity contribution is 0.0817. The summed E-state index contributed by atoms with van der Waals surface area (Å²) in [7, 11) is 3.14. The number of amides is 2. The Morgan fingerprint density at radius 3 is 2.38 bits per heavy atom. The van der Waals surface area contributed by atoms with Crippen LogP contribution in [0.1, 0.15) is 37.4 Å². The van der Waals surface area contributed by atoms with Gasteiger partial charge in [-0.25, -0.2) is 4.79 Å². The first-order valence-corrected chi connectivity index (χ1v) is 11.8. The van der Waals surface area contributed by atoms with E-state index in [0.717, 1.165) is 22.9 Å². The summed E-state index contributed by atoms with van der Waals surface area (Å²) in [6.45, 7) is 4.46. The van der Waals surface area contributed by atoms with Crippen molar-refractivity contribution in [3.05, 3.63) is 53.6 Å². The third-order valence-corrected chi connectivity index (χ3v) is 6.15. The second-order valence-electron chi connectivity index (χ2n) is 7.52. The van der Waals surface area contributed by atoms with Gasteiger partial charge in [-0.15, -0.1) is 0 Å². The first kappa shape index (κ1) is 23.8. The van der Waals surface area contributed by atoms with Crippen molar-refractivity contribution in [2.45, 2.75) is 38.9 Å². The van der Waals surface area contributed by atoms with E-state index in [9.17, 15) is 9.59 Å². The van der Waals surface area contributed by atoms with Crippen LogP contribution in [-0.2, 0) is 11.3 Å². The molecule has 172 valence electrons. The number of fused-ring (bicyclic) bond motifs is 1. The molecule has 0 saturated carbocycles. The fourth-order valence-corrected chi connectivity index (χ4v) is 4.59. The van der Waals surface area contributed by atoms with Crippen molar-refractivity contribution in [3.63, 3.8) is 0 Å². The van der Waals surface area contributed by atoms with Gasteiger partial charge < -0.3 is 14.2 Å². The highest BCUT2D eigenvalue weighted by atomic mass is 32.2. The molecule has 3 rings (SSSR count). The van der Waals surface area contributed by atoms with Gasteiger partial charge in [-0.3, -0.25) is 14.6 Å². The molecule has 2 unspecified atom stereocenters. The topological polar surface area (TPSA) is 68.3 Å². The molecule has 2 amide bonds. The van der Waals surface area contributed by atoms with E-state index in [1.165, 1.54) is 0 Å². The molecule has 0 radical (unpaired) electrons. The zero-order chi connectivity index (χ0) is 23.3. The van der Waals surface area contributed by atoms with Crippen LogP contribution in [0, 0.1) is 0 Å². The van der Waals surface area contributed by atoms with Gasteiger partial charge in [0.25, 0.3) is 5.24 Å². The van der Waals surface area contributed by atoms with Gasteiger partial charge >= 0.3 is 6.09 Å². The van der Waals surface area contributed by atoms with Crippen LogP contribution in [0.4, 0.5) is 15.3 Å². The smallest absolute Gasteiger partial charge is 0.410 e. The zero-order valence-electron chi connectivity index (χ0n) is 19.2. The Labute approximate surface area is 193 Å². The van der Waals surface area contributed by atoms with Crippen molar-refractivity contribution >= 4 is 28.8 Å². The number of benzene rings is 2. The molecule has 0 saturated heterocycles. The highest BCUT2D eigenvalue weighted by Crippen LogP contribution is 2.46. The molecular weight excluding hydrogens is 428 g/mol. The number of rotatable bonds is 6. The van der Waals surface area contributed by atoms with E-state index in [2.05, 4.69) is 0 Å². The van der Waals surface area contributed by atoms with E-state index < -0.39 is 0 Å². The third kappa shape index (κ3) is 4.80. The van der Waals surface area contributed by atoms with Crippen molar-refractivity contribution in [2.75, 3.05) is 32.0 Å². The molecule has 0 spiro atoms. The normalized spacial score (nSPS) is 17.3. The highest BCUT2D eigenvalue weighted by Gasteiger charge is 2.39. The Hall–Kier alpha value is -2.87. The first-order valence-electron chi connectivity index (χ1n) is 10.6. The van der Waals surface area contributed by atoms with E-state index >= 15 is 0 Å². The molecular formula is C24H30N2O5S. The lowest BCUT2D eigenvalue weighted by Gasteiger charge is -2.43. The predicted molar refractivity (Wildman–Crippen MR) is 127 cm³/mol. The Kier molecular flexibility index (Phi) is 7.90. The fourth-order valence-electron chi connectivity index (χ4n) is 4.11. The summed E-state index contributed by atoms with van der Waals surface area (Å²) < 4.78 is 16.5. The summed E-state index contributed by atoms with van der Waals surface area (Å²) in [5, 5.41) is -0.0600. The maximum Gasteiger partial charge on any atom is 0.410 e. The Morgan fingerprint density at radius 1 is 1.12 bits per heavy atom. The second kappa shape index (κ2) is 10.6. The Balaban J connectivity index is 2.14. The van der Waals surface area contributed by atoms with E-state index in [1.54, 1.807) is 37.2 Å². The minimum absolute atomic E-state index is 0.0600. The number of ether oxygens (including phenoxy) is 3. The van der Waals surface area contributed by atoms with Crippen molar-refractivity contribution in [1.29, 1.82) is 0 Å². The van der Waals surface area contributed by atoms with Crippen LogP contribution in [0.3, 0.4) is 0 Å². The number of carbonyl (C=O) groups is 2. The molecule has 0 bridgehead atoms. The lowest BCUT2D eigenvalue weighted by atomic mass is 9.90. The van der Waals surface area contributed by atoms with E-state index in [4.69, 9.17) is 14.2 Å². The van der Waals surface area contributed by atoms with Crippen molar-refractivity contribution in [3.8, 4) is 11.5 Å². The van der Waals surface area contributed by atoms with Crippen molar-refractivity contribution in [1.82, 2.24) is 4.90 Å². The minimum Gasteiger partial charge on any atom is -0.493 e. The monoisotopic (exact) mass is 458 g/mol. The predicted octanol–water partition coefficient (Wildman–Crippen LogP) is 5.49. The van der Waals surface area contributed by atoms with E-state index in [-0.39, 0.29) is 30.0 Å². The lowest BCUT2D eigenvalue weighted by Crippen LogP contribution is -2.46.